The summed E-state index contributed by atoms with van der Waals surface area (Å²) in [5, 5.41) is 0. The third-order valence-corrected chi connectivity index (χ3v) is 5.66. The average molecular weight is 391 g/mol. The molecule has 0 atom stereocenters. The van der Waals surface area contributed by atoms with Crippen LogP contribution in [0.2, 0.25) is 0 Å². The Morgan fingerprint density at radius 2 is 0.962 bits per heavy atom. The van der Waals surface area contributed by atoms with E-state index in [-0.39, 0.29) is 12.2 Å². The van der Waals surface area contributed by atoms with Gasteiger partial charge in [0.1, 0.15) is 11.5 Å². The van der Waals surface area contributed by atoms with E-state index in [0.29, 0.717) is 0 Å². The van der Waals surface area contributed by atoms with Crippen molar-refractivity contribution in [3.8, 4) is 11.5 Å². The number of unbranched alkanes of at least 4 members (excludes halogenated alkanes) is 1. The van der Waals surface area contributed by atoms with Crippen molar-refractivity contribution in [1.29, 1.82) is 0 Å². The average Bonchev–Trinajstić information content (AvgIpc) is 2.60. The van der Waals surface area contributed by atoms with Crippen LogP contribution in [0.4, 0.5) is 0 Å². The van der Waals surface area contributed by atoms with Crippen molar-refractivity contribution in [2.75, 3.05) is 11.5 Å². The fourth-order valence-corrected chi connectivity index (χ4v) is 4.18. The molecule has 0 bridgehead atoms. The second kappa shape index (κ2) is 11.5. The van der Waals surface area contributed by atoms with E-state index >= 15 is 0 Å². The minimum Gasteiger partial charge on any atom is -0.491 e. The van der Waals surface area contributed by atoms with Gasteiger partial charge in [-0.3, -0.25) is 0 Å². The Kier molecular flexibility index (Phi) is 9.27. The summed E-state index contributed by atoms with van der Waals surface area (Å²) in [4.78, 5) is 2.63. The molecule has 2 nitrogen and oxygen atoms in total. The van der Waals surface area contributed by atoms with E-state index in [4.69, 9.17) is 9.47 Å². The maximum atomic E-state index is 5.68. The molecule has 0 aliphatic rings. The zero-order chi connectivity index (χ0) is 18.8. The summed E-state index contributed by atoms with van der Waals surface area (Å²) in [6, 6.07) is 16.8. The van der Waals surface area contributed by atoms with Crippen molar-refractivity contribution in [2.24, 2.45) is 0 Å². The van der Waals surface area contributed by atoms with Gasteiger partial charge in [-0.15, -0.1) is 23.5 Å². The van der Waals surface area contributed by atoms with Gasteiger partial charge in [0.15, 0.2) is 0 Å². The van der Waals surface area contributed by atoms with Gasteiger partial charge in [-0.25, -0.2) is 0 Å². The standard InChI is InChI=1S/C22H30O2S2/c1-17(2)23-19-7-11-21(12-8-19)25-15-5-6-16-26-22-13-9-20(10-14-22)24-18(3)4/h7-14,17-18H,5-6,15-16H2,1-4H3. The third kappa shape index (κ3) is 8.41. The van der Waals surface area contributed by atoms with Gasteiger partial charge in [0, 0.05) is 9.79 Å². The summed E-state index contributed by atoms with van der Waals surface area (Å²) >= 11 is 3.84. The largest absolute Gasteiger partial charge is 0.491 e. The normalized spacial score (nSPS) is 11.2. The lowest BCUT2D eigenvalue weighted by Gasteiger charge is -2.10. The van der Waals surface area contributed by atoms with Gasteiger partial charge < -0.3 is 9.47 Å². The molecule has 2 rings (SSSR count). The zero-order valence-corrected chi connectivity index (χ0v) is 17.9. The Labute approximate surface area is 167 Å². The molecule has 0 aliphatic heterocycles. The summed E-state index contributed by atoms with van der Waals surface area (Å²) in [7, 11) is 0. The van der Waals surface area contributed by atoms with Gasteiger partial charge in [-0.1, -0.05) is 0 Å². The molecule has 0 aromatic heterocycles. The maximum absolute atomic E-state index is 5.68. The van der Waals surface area contributed by atoms with Crippen LogP contribution in [0.3, 0.4) is 0 Å². The highest BCUT2D eigenvalue weighted by Crippen LogP contribution is 2.25. The lowest BCUT2D eigenvalue weighted by molar-refractivity contribution is 0.242. The highest BCUT2D eigenvalue weighted by Gasteiger charge is 2.01. The maximum Gasteiger partial charge on any atom is 0.119 e. The van der Waals surface area contributed by atoms with Gasteiger partial charge in [0.25, 0.3) is 0 Å². The molecule has 0 unspecified atom stereocenters. The summed E-state index contributed by atoms with van der Waals surface area (Å²) in [5.74, 6) is 4.22. The summed E-state index contributed by atoms with van der Waals surface area (Å²) in [6.07, 6.45) is 2.92. The van der Waals surface area contributed by atoms with Crippen molar-refractivity contribution in [2.45, 2.75) is 62.5 Å². The van der Waals surface area contributed by atoms with E-state index in [1.807, 2.05) is 23.5 Å². The molecule has 0 spiro atoms. The number of thioether (sulfide) groups is 2. The van der Waals surface area contributed by atoms with Crippen LogP contribution >= 0.6 is 23.5 Å². The molecule has 2 aromatic rings. The first-order chi connectivity index (χ1) is 12.5. The molecule has 0 heterocycles. The molecule has 0 aliphatic carbocycles. The minimum atomic E-state index is 0.227. The molecule has 0 saturated carbocycles. The number of hydrogen-bond acceptors (Lipinski definition) is 4. The predicted octanol–water partition coefficient (Wildman–Crippen LogP) is 6.93. The highest BCUT2D eigenvalue weighted by molar-refractivity contribution is 7.99. The van der Waals surface area contributed by atoms with Crippen LogP contribution in [0, 0.1) is 0 Å². The van der Waals surface area contributed by atoms with Crippen LogP contribution in [-0.4, -0.2) is 23.7 Å². The second-order valence-corrected chi connectivity index (χ2v) is 9.02. The smallest absolute Gasteiger partial charge is 0.119 e. The molecular formula is C22H30O2S2. The monoisotopic (exact) mass is 390 g/mol. The highest BCUT2D eigenvalue weighted by atomic mass is 32.2. The van der Waals surface area contributed by atoms with Gasteiger partial charge in [-0.05, 0) is 101 Å². The number of hydrogen-bond donors (Lipinski definition) is 0. The van der Waals surface area contributed by atoms with Crippen molar-refractivity contribution in [3.63, 3.8) is 0 Å². The second-order valence-electron chi connectivity index (χ2n) is 6.68. The first-order valence-corrected chi connectivity index (χ1v) is 11.3. The lowest BCUT2D eigenvalue weighted by Crippen LogP contribution is -2.05. The van der Waals surface area contributed by atoms with E-state index in [2.05, 4.69) is 76.2 Å². The summed E-state index contributed by atoms with van der Waals surface area (Å²) < 4.78 is 11.4. The third-order valence-electron chi connectivity index (χ3n) is 3.47. The van der Waals surface area contributed by atoms with Gasteiger partial charge >= 0.3 is 0 Å². The van der Waals surface area contributed by atoms with Crippen LogP contribution in [-0.2, 0) is 0 Å². The Morgan fingerprint density at radius 3 is 1.27 bits per heavy atom. The Balaban J connectivity index is 1.59. The van der Waals surface area contributed by atoms with Crippen molar-refractivity contribution in [3.05, 3.63) is 48.5 Å². The molecular weight excluding hydrogens is 360 g/mol. The molecule has 0 N–H and O–H groups in total. The first-order valence-electron chi connectivity index (χ1n) is 9.32. The molecule has 2 aromatic carbocycles. The minimum absolute atomic E-state index is 0.227. The quantitative estimate of drug-likeness (QED) is 0.306. The van der Waals surface area contributed by atoms with E-state index in [1.165, 1.54) is 22.6 Å². The first kappa shape index (κ1) is 21.0. The topological polar surface area (TPSA) is 18.5 Å². The van der Waals surface area contributed by atoms with Crippen LogP contribution in [0.25, 0.3) is 0 Å². The fraction of sp³-hybridized carbons (Fsp3) is 0.455. The van der Waals surface area contributed by atoms with Crippen molar-refractivity contribution < 1.29 is 9.47 Å². The van der Waals surface area contributed by atoms with Gasteiger partial charge in [0.2, 0.25) is 0 Å². The fourth-order valence-electron chi connectivity index (χ4n) is 2.36. The molecule has 0 radical (unpaired) electrons. The van der Waals surface area contributed by atoms with Crippen molar-refractivity contribution >= 4 is 23.5 Å². The lowest BCUT2D eigenvalue weighted by atomic mass is 10.3. The summed E-state index contributed by atoms with van der Waals surface area (Å²) in [5.41, 5.74) is 0. The summed E-state index contributed by atoms with van der Waals surface area (Å²) in [6.45, 7) is 8.20. The van der Waals surface area contributed by atoms with Crippen LogP contribution in [0.15, 0.2) is 58.3 Å². The molecule has 0 amide bonds. The number of rotatable bonds is 11. The molecule has 0 fully saturated rings. The SMILES string of the molecule is CC(C)Oc1ccc(SCCCCSc2ccc(OC(C)C)cc2)cc1. The Bertz CT molecular complexity index is 564. The number of benzene rings is 2. The van der Waals surface area contributed by atoms with E-state index in [9.17, 15) is 0 Å². The molecule has 26 heavy (non-hydrogen) atoms. The van der Waals surface area contributed by atoms with E-state index < -0.39 is 0 Å². The molecule has 4 heteroatoms. The Morgan fingerprint density at radius 1 is 0.615 bits per heavy atom. The van der Waals surface area contributed by atoms with Gasteiger partial charge in [0.05, 0.1) is 12.2 Å². The van der Waals surface area contributed by atoms with E-state index in [0.717, 1.165) is 23.0 Å². The number of ether oxygens (including phenoxy) is 2. The predicted molar refractivity (Wildman–Crippen MR) is 115 cm³/mol. The van der Waals surface area contributed by atoms with Crippen LogP contribution in [0.5, 0.6) is 11.5 Å². The van der Waals surface area contributed by atoms with Gasteiger partial charge in [-0.2, -0.15) is 0 Å². The van der Waals surface area contributed by atoms with Crippen LogP contribution < -0.4 is 9.47 Å². The molecule has 0 saturated heterocycles. The zero-order valence-electron chi connectivity index (χ0n) is 16.2. The van der Waals surface area contributed by atoms with Crippen LogP contribution in [0.1, 0.15) is 40.5 Å². The van der Waals surface area contributed by atoms with Crippen molar-refractivity contribution in [1.82, 2.24) is 0 Å². The molecule has 142 valence electrons. The van der Waals surface area contributed by atoms with E-state index in [1.54, 1.807) is 0 Å². The Hall–Kier alpha value is -1.26.